The van der Waals surface area contributed by atoms with E-state index in [4.69, 9.17) is 0 Å². The molecule has 0 aliphatic carbocycles. The Morgan fingerprint density at radius 1 is 1.29 bits per heavy atom. The minimum absolute atomic E-state index is 0.122. The van der Waals surface area contributed by atoms with E-state index in [1.807, 2.05) is 0 Å². The van der Waals surface area contributed by atoms with Crippen LogP contribution >= 0.6 is 0 Å². The van der Waals surface area contributed by atoms with Crippen LogP contribution in [0.4, 0.5) is 8.78 Å². The van der Waals surface area contributed by atoms with Gasteiger partial charge in [-0.15, -0.1) is 0 Å². The highest BCUT2D eigenvalue weighted by Crippen LogP contribution is 2.21. The van der Waals surface area contributed by atoms with Gasteiger partial charge in [0.15, 0.2) is 17.4 Å². The summed E-state index contributed by atoms with van der Waals surface area (Å²) in [6, 6.07) is 3.74. The third-order valence-electron chi connectivity index (χ3n) is 3.18. The van der Waals surface area contributed by atoms with E-state index in [0.717, 1.165) is 32.0 Å². The molecule has 1 saturated heterocycles. The fraction of sp³-hybridized carbons (Fsp3) is 0.462. The van der Waals surface area contributed by atoms with E-state index in [1.54, 1.807) is 0 Å². The summed E-state index contributed by atoms with van der Waals surface area (Å²) in [6.07, 6.45) is 2.15. The van der Waals surface area contributed by atoms with Crippen molar-refractivity contribution in [2.75, 3.05) is 13.1 Å². The number of carbonyl (C=O) groups excluding carboxylic acids is 1. The molecule has 1 fully saturated rings. The lowest BCUT2D eigenvalue weighted by Crippen LogP contribution is -2.29. The normalized spacial score (nSPS) is 17.1. The summed E-state index contributed by atoms with van der Waals surface area (Å²) in [4.78, 5) is 11.9. The third-order valence-corrected chi connectivity index (χ3v) is 3.18. The van der Waals surface area contributed by atoms with Crippen molar-refractivity contribution in [3.63, 3.8) is 0 Å². The molecule has 1 aromatic carbocycles. The van der Waals surface area contributed by atoms with E-state index in [9.17, 15) is 13.6 Å². The zero-order valence-corrected chi connectivity index (χ0v) is 9.51. The molecular formula is C13H15F2NO. The summed E-state index contributed by atoms with van der Waals surface area (Å²) in [6.45, 7) is 1.78. The van der Waals surface area contributed by atoms with E-state index < -0.39 is 11.6 Å². The highest BCUT2D eigenvalue weighted by atomic mass is 19.2. The molecule has 17 heavy (non-hydrogen) atoms. The van der Waals surface area contributed by atoms with E-state index in [1.165, 1.54) is 12.1 Å². The van der Waals surface area contributed by atoms with Crippen LogP contribution in [0.25, 0.3) is 0 Å². The Balaban J connectivity index is 2.06. The highest BCUT2D eigenvalue weighted by molar-refractivity contribution is 5.96. The van der Waals surface area contributed by atoms with Crippen LogP contribution in [0.3, 0.4) is 0 Å². The van der Waals surface area contributed by atoms with Crippen LogP contribution in [0.1, 0.15) is 29.6 Å². The maximum Gasteiger partial charge on any atom is 0.169 e. The predicted octanol–water partition coefficient (Wildman–Crippen LogP) is 2.54. The van der Waals surface area contributed by atoms with Crippen LogP contribution in [0.2, 0.25) is 0 Å². The van der Waals surface area contributed by atoms with E-state index in [2.05, 4.69) is 5.32 Å². The van der Waals surface area contributed by atoms with Gasteiger partial charge in [0.1, 0.15) is 0 Å². The fourth-order valence-electron chi connectivity index (χ4n) is 2.18. The molecule has 1 aromatic rings. The van der Waals surface area contributed by atoms with Crippen molar-refractivity contribution in [1.82, 2.24) is 5.32 Å². The van der Waals surface area contributed by atoms with Crippen molar-refractivity contribution >= 4 is 5.78 Å². The van der Waals surface area contributed by atoms with Crippen LogP contribution in [-0.2, 0) is 0 Å². The number of benzene rings is 1. The average molecular weight is 239 g/mol. The zero-order valence-electron chi connectivity index (χ0n) is 9.51. The first-order chi connectivity index (χ1) is 8.18. The second kappa shape index (κ2) is 5.36. The molecule has 92 valence electrons. The summed E-state index contributed by atoms with van der Waals surface area (Å²) in [7, 11) is 0. The number of ketones is 1. The van der Waals surface area contributed by atoms with Crippen LogP contribution in [0.5, 0.6) is 0 Å². The van der Waals surface area contributed by atoms with E-state index in [0.29, 0.717) is 6.42 Å². The van der Waals surface area contributed by atoms with Crippen LogP contribution in [0, 0.1) is 17.6 Å². The summed E-state index contributed by atoms with van der Waals surface area (Å²) in [5, 5.41) is 3.20. The maximum atomic E-state index is 13.4. The smallest absolute Gasteiger partial charge is 0.169 e. The van der Waals surface area contributed by atoms with Crippen molar-refractivity contribution in [3.05, 3.63) is 35.4 Å². The Labute approximate surface area is 99.0 Å². The molecule has 0 bridgehead atoms. The number of hydrogen-bond donors (Lipinski definition) is 1. The molecule has 0 spiro atoms. The van der Waals surface area contributed by atoms with Crippen molar-refractivity contribution in [2.24, 2.45) is 5.92 Å². The zero-order chi connectivity index (χ0) is 12.3. The minimum Gasteiger partial charge on any atom is -0.317 e. The molecule has 0 radical (unpaired) electrons. The molecule has 0 unspecified atom stereocenters. The predicted molar refractivity (Wildman–Crippen MR) is 60.9 cm³/mol. The Morgan fingerprint density at radius 2 is 2.00 bits per heavy atom. The Bertz CT molecular complexity index is 414. The Kier molecular flexibility index (Phi) is 3.84. The van der Waals surface area contributed by atoms with Gasteiger partial charge in [0, 0.05) is 6.42 Å². The number of carbonyl (C=O) groups is 1. The van der Waals surface area contributed by atoms with Crippen molar-refractivity contribution in [2.45, 2.75) is 19.3 Å². The number of piperidine rings is 1. The maximum absolute atomic E-state index is 13.4. The topological polar surface area (TPSA) is 29.1 Å². The number of Topliss-reactive ketones (excluding diaryl/α,β-unsaturated/α-hetero) is 1. The molecule has 2 nitrogen and oxygen atoms in total. The average Bonchev–Trinajstić information content (AvgIpc) is 2.34. The standard InChI is InChI=1S/C13H15F2NO/c14-11-3-1-2-10(13(11)15)12(17)8-9-4-6-16-7-5-9/h1-3,9,16H,4-8H2. The molecule has 1 aliphatic heterocycles. The molecule has 1 heterocycles. The lowest BCUT2D eigenvalue weighted by atomic mass is 9.90. The van der Waals surface area contributed by atoms with Gasteiger partial charge in [-0.3, -0.25) is 4.79 Å². The second-order valence-electron chi connectivity index (χ2n) is 4.42. The van der Waals surface area contributed by atoms with Crippen LogP contribution in [0.15, 0.2) is 18.2 Å². The van der Waals surface area contributed by atoms with Gasteiger partial charge in [0.25, 0.3) is 0 Å². The third kappa shape index (κ3) is 2.88. The number of halogens is 2. The van der Waals surface area contributed by atoms with Gasteiger partial charge in [0.05, 0.1) is 5.56 Å². The lowest BCUT2D eigenvalue weighted by Gasteiger charge is -2.21. The van der Waals surface area contributed by atoms with Gasteiger partial charge in [0.2, 0.25) is 0 Å². The molecule has 0 aromatic heterocycles. The molecule has 0 saturated carbocycles. The second-order valence-corrected chi connectivity index (χ2v) is 4.42. The number of nitrogens with one attached hydrogen (secondary N) is 1. The number of hydrogen-bond acceptors (Lipinski definition) is 2. The first kappa shape index (κ1) is 12.2. The summed E-state index contributed by atoms with van der Waals surface area (Å²) in [5.41, 5.74) is -0.122. The van der Waals surface area contributed by atoms with Crippen molar-refractivity contribution in [1.29, 1.82) is 0 Å². The Morgan fingerprint density at radius 3 is 2.71 bits per heavy atom. The molecular weight excluding hydrogens is 224 g/mol. The van der Waals surface area contributed by atoms with Gasteiger partial charge in [-0.2, -0.15) is 0 Å². The summed E-state index contributed by atoms with van der Waals surface area (Å²) >= 11 is 0. The summed E-state index contributed by atoms with van der Waals surface area (Å²) < 4.78 is 26.4. The molecule has 0 amide bonds. The number of rotatable bonds is 3. The van der Waals surface area contributed by atoms with Gasteiger partial charge in [-0.05, 0) is 44.0 Å². The lowest BCUT2D eigenvalue weighted by molar-refractivity contribution is 0.0947. The largest absolute Gasteiger partial charge is 0.317 e. The first-order valence-electron chi connectivity index (χ1n) is 5.86. The Hall–Kier alpha value is -1.29. The van der Waals surface area contributed by atoms with Crippen LogP contribution in [-0.4, -0.2) is 18.9 Å². The van der Waals surface area contributed by atoms with Gasteiger partial charge >= 0.3 is 0 Å². The highest BCUT2D eigenvalue weighted by Gasteiger charge is 2.20. The molecule has 1 aliphatic rings. The molecule has 2 rings (SSSR count). The molecule has 1 N–H and O–H groups in total. The van der Waals surface area contributed by atoms with Crippen molar-refractivity contribution < 1.29 is 13.6 Å². The van der Waals surface area contributed by atoms with Crippen molar-refractivity contribution in [3.8, 4) is 0 Å². The van der Waals surface area contributed by atoms with Gasteiger partial charge < -0.3 is 5.32 Å². The van der Waals surface area contributed by atoms with Crippen LogP contribution < -0.4 is 5.32 Å². The minimum atomic E-state index is -1.02. The summed E-state index contributed by atoms with van der Waals surface area (Å²) in [5.74, 6) is -1.99. The van der Waals surface area contributed by atoms with E-state index in [-0.39, 0.29) is 17.3 Å². The molecule has 0 atom stereocenters. The van der Waals surface area contributed by atoms with Gasteiger partial charge in [-0.1, -0.05) is 6.07 Å². The van der Waals surface area contributed by atoms with Gasteiger partial charge in [-0.25, -0.2) is 8.78 Å². The van der Waals surface area contributed by atoms with E-state index >= 15 is 0 Å². The fourth-order valence-corrected chi connectivity index (χ4v) is 2.18. The SMILES string of the molecule is O=C(CC1CCNCC1)c1cccc(F)c1F. The molecule has 4 heteroatoms. The quantitative estimate of drug-likeness (QED) is 0.821. The monoisotopic (exact) mass is 239 g/mol. The first-order valence-corrected chi connectivity index (χ1v) is 5.86.